The summed E-state index contributed by atoms with van der Waals surface area (Å²) < 4.78 is 25.2. The smallest absolute Gasteiger partial charge is 0.251 e. The third kappa shape index (κ3) is 4.35. The number of aromatic amines is 1. The number of fused-ring (bicyclic) bond motifs is 1. The topological polar surface area (TPSA) is 82.3 Å². The van der Waals surface area contributed by atoms with Gasteiger partial charge in [-0.2, -0.15) is 0 Å². The second kappa shape index (κ2) is 8.16. The molecule has 1 amide bonds. The Morgan fingerprint density at radius 1 is 1.11 bits per heavy atom. The number of hydrogen-bond acceptors (Lipinski definition) is 4. The highest BCUT2D eigenvalue weighted by Gasteiger charge is 2.17. The number of H-pyrrole nitrogens is 1. The Hall–Kier alpha value is -2.29. The second-order valence-corrected chi connectivity index (χ2v) is 9.40. The molecule has 0 saturated carbocycles. The summed E-state index contributed by atoms with van der Waals surface area (Å²) in [5.41, 5.74) is 1.53. The minimum atomic E-state index is -3.49. The van der Waals surface area contributed by atoms with Gasteiger partial charge in [0.1, 0.15) is 0 Å². The summed E-state index contributed by atoms with van der Waals surface area (Å²) in [5.74, 6) is 0.518. The lowest BCUT2D eigenvalue weighted by Gasteiger charge is -2.11. The van der Waals surface area contributed by atoms with Gasteiger partial charge in [0.15, 0.2) is 0 Å². The Balaban J connectivity index is 1.54. The van der Waals surface area contributed by atoms with E-state index in [0.717, 1.165) is 20.5 Å². The zero-order valence-corrected chi connectivity index (χ0v) is 16.7. The van der Waals surface area contributed by atoms with E-state index in [2.05, 4.69) is 16.4 Å². The molecule has 0 aliphatic heterocycles. The summed E-state index contributed by atoms with van der Waals surface area (Å²) >= 11 is 1.67. The van der Waals surface area contributed by atoms with Crippen LogP contribution in [0.1, 0.15) is 10.4 Å². The first-order chi connectivity index (χ1) is 12.9. The molecule has 1 heterocycles. The van der Waals surface area contributed by atoms with Crippen molar-refractivity contribution in [3.63, 3.8) is 0 Å². The van der Waals surface area contributed by atoms with Gasteiger partial charge < -0.3 is 10.3 Å². The Bertz CT molecular complexity index is 1040. The predicted molar refractivity (Wildman–Crippen MR) is 109 cm³/mol. The molecule has 0 fully saturated rings. The van der Waals surface area contributed by atoms with Gasteiger partial charge in [-0.05, 0) is 30.3 Å². The third-order valence-corrected chi connectivity index (χ3v) is 6.98. The molecule has 6 nitrogen and oxygen atoms in total. The van der Waals surface area contributed by atoms with E-state index < -0.39 is 10.0 Å². The summed E-state index contributed by atoms with van der Waals surface area (Å²) in [6, 6.07) is 14.0. The number of aromatic nitrogens is 1. The van der Waals surface area contributed by atoms with Crippen LogP contribution in [-0.4, -0.2) is 50.0 Å². The zero-order chi connectivity index (χ0) is 19.4. The zero-order valence-electron chi connectivity index (χ0n) is 15.1. The van der Waals surface area contributed by atoms with Gasteiger partial charge in [0, 0.05) is 54.0 Å². The lowest BCUT2D eigenvalue weighted by molar-refractivity contribution is 0.0956. The van der Waals surface area contributed by atoms with Crippen LogP contribution < -0.4 is 5.32 Å². The van der Waals surface area contributed by atoms with Crippen molar-refractivity contribution < 1.29 is 13.2 Å². The maximum atomic E-state index is 12.2. The number of nitrogens with zero attached hydrogens (tertiary/aromatic N) is 1. The third-order valence-electron chi connectivity index (χ3n) is 4.09. The molecule has 142 valence electrons. The van der Waals surface area contributed by atoms with E-state index in [0.29, 0.717) is 12.1 Å². The van der Waals surface area contributed by atoms with E-state index in [9.17, 15) is 13.2 Å². The molecular formula is C19H21N3O3S2. The van der Waals surface area contributed by atoms with Gasteiger partial charge in [-0.3, -0.25) is 4.79 Å². The van der Waals surface area contributed by atoms with Crippen LogP contribution in [0, 0.1) is 0 Å². The van der Waals surface area contributed by atoms with Gasteiger partial charge in [-0.15, -0.1) is 11.8 Å². The van der Waals surface area contributed by atoms with E-state index in [1.807, 2.05) is 24.4 Å². The normalized spacial score (nSPS) is 11.8. The van der Waals surface area contributed by atoms with Gasteiger partial charge >= 0.3 is 0 Å². The molecule has 0 saturated heterocycles. The van der Waals surface area contributed by atoms with Crippen molar-refractivity contribution in [2.75, 3.05) is 26.4 Å². The first kappa shape index (κ1) is 19.5. The van der Waals surface area contributed by atoms with Crippen LogP contribution in [0.15, 0.2) is 64.5 Å². The number of amides is 1. The average molecular weight is 404 g/mol. The van der Waals surface area contributed by atoms with Crippen LogP contribution in [0.3, 0.4) is 0 Å². The van der Waals surface area contributed by atoms with Gasteiger partial charge in [-0.1, -0.05) is 18.2 Å². The number of carbonyl (C=O) groups excluding carboxylic acids is 1. The summed E-state index contributed by atoms with van der Waals surface area (Å²) in [6.07, 6.45) is 1.97. The van der Waals surface area contributed by atoms with E-state index in [1.54, 1.807) is 11.8 Å². The fraction of sp³-hybridized carbons (Fsp3) is 0.211. The molecule has 1 aromatic heterocycles. The molecule has 0 spiro atoms. The molecule has 0 aliphatic rings. The maximum Gasteiger partial charge on any atom is 0.251 e. The van der Waals surface area contributed by atoms with E-state index in [4.69, 9.17) is 0 Å². The molecule has 27 heavy (non-hydrogen) atoms. The number of sulfonamides is 1. The van der Waals surface area contributed by atoms with Gasteiger partial charge in [0.05, 0.1) is 4.90 Å². The first-order valence-corrected chi connectivity index (χ1v) is 10.8. The number of nitrogens with one attached hydrogen (secondary N) is 2. The standard InChI is InChI=1S/C19H21N3O3S2/c1-22(2)27(24,25)15-9-7-14(8-10-15)19(23)20-11-12-26-18-13-21-17-6-4-3-5-16(17)18/h3-10,13,21H,11-12H2,1-2H3,(H,20,23). The summed E-state index contributed by atoms with van der Waals surface area (Å²) in [5, 5.41) is 4.03. The van der Waals surface area contributed by atoms with Crippen LogP contribution >= 0.6 is 11.8 Å². The molecule has 8 heteroatoms. The second-order valence-electron chi connectivity index (χ2n) is 6.11. The molecular weight excluding hydrogens is 382 g/mol. The lowest BCUT2D eigenvalue weighted by atomic mass is 10.2. The number of para-hydroxylation sites is 1. The molecule has 2 aromatic carbocycles. The van der Waals surface area contributed by atoms with Crippen molar-refractivity contribution in [1.82, 2.24) is 14.6 Å². The SMILES string of the molecule is CN(C)S(=O)(=O)c1ccc(C(=O)NCCSc2c[nH]c3ccccc23)cc1. The molecule has 0 aliphatic carbocycles. The number of rotatable bonds is 7. The Morgan fingerprint density at radius 3 is 2.52 bits per heavy atom. The van der Waals surface area contributed by atoms with Crippen molar-refractivity contribution in [2.24, 2.45) is 0 Å². The lowest BCUT2D eigenvalue weighted by Crippen LogP contribution is -2.26. The first-order valence-electron chi connectivity index (χ1n) is 8.39. The molecule has 0 bridgehead atoms. The highest BCUT2D eigenvalue weighted by Crippen LogP contribution is 2.27. The predicted octanol–water partition coefficient (Wildman–Crippen LogP) is 2.94. The van der Waals surface area contributed by atoms with Crippen LogP contribution in [0.25, 0.3) is 10.9 Å². The largest absolute Gasteiger partial charge is 0.360 e. The van der Waals surface area contributed by atoms with E-state index >= 15 is 0 Å². The number of benzene rings is 2. The Kier molecular flexibility index (Phi) is 5.88. The Labute approximate surface area is 163 Å². The van der Waals surface area contributed by atoms with Crippen molar-refractivity contribution in [3.8, 4) is 0 Å². The number of carbonyl (C=O) groups is 1. The van der Waals surface area contributed by atoms with Crippen LogP contribution in [0.4, 0.5) is 0 Å². The van der Waals surface area contributed by atoms with Gasteiger partial charge in [0.25, 0.3) is 5.91 Å². The van der Waals surface area contributed by atoms with Crippen LogP contribution in [0.2, 0.25) is 0 Å². The summed E-state index contributed by atoms with van der Waals surface area (Å²) in [7, 11) is -0.541. The molecule has 2 N–H and O–H groups in total. The van der Waals surface area contributed by atoms with Crippen LogP contribution in [0.5, 0.6) is 0 Å². The van der Waals surface area contributed by atoms with Gasteiger partial charge in [0.2, 0.25) is 10.0 Å². The van der Waals surface area contributed by atoms with Crippen molar-refractivity contribution >= 4 is 38.6 Å². The quantitative estimate of drug-likeness (QED) is 0.469. The Morgan fingerprint density at radius 2 is 1.81 bits per heavy atom. The fourth-order valence-corrected chi connectivity index (χ4v) is 4.38. The maximum absolute atomic E-state index is 12.2. The minimum absolute atomic E-state index is 0.166. The molecule has 3 rings (SSSR count). The fourth-order valence-electron chi connectivity index (χ4n) is 2.58. The molecule has 0 atom stereocenters. The van der Waals surface area contributed by atoms with Crippen molar-refractivity contribution in [3.05, 3.63) is 60.3 Å². The van der Waals surface area contributed by atoms with Crippen molar-refractivity contribution in [1.29, 1.82) is 0 Å². The highest BCUT2D eigenvalue weighted by atomic mass is 32.2. The number of hydrogen-bond donors (Lipinski definition) is 2. The van der Waals surface area contributed by atoms with E-state index in [-0.39, 0.29) is 10.8 Å². The molecule has 0 unspecified atom stereocenters. The van der Waals surface area contributed by atoms with E-state index in [1.165, 1.54) is 43.7 Å². The van der Waals surface area contributed by atoms with Crippen molar-refractivity contribution in [2.45, 2.75) is 9.79 Å². The minimum Gasteiger partial charge on any atom is -0.360 e. The molecule has 3 aromatic rings. The molecule has 0 radical (unpaired) electrons. The van der Waals surface area contributed by atoms with Gasteiger partial charge in [-0.25, -0.2) is 12.7 Å². The van der Waals surface area contributed by atoms with Crippen LogP contribution in [-0.2, 0) is 10.0 Å². The number of thioether (sulfide) groups is 1. The summed E-state index contributed by atoms with van der Waals surface area (Å²) in [4.78, 5) is 16.8. The average Bonchev–Trinajstić information content (AvgIpc) is 3.08. The monoisotopic (exact) mass is 403 g/mol. The summed E-state index contributed by atoms with van der Waals surface area (Å²) in [6.45, 7) is 0.515. The highest BCUT2D eigenvalue weighted by molar-refractivity contribution is 7.99.